The average Bonchev–Trinajstić information content (AvgIpc) is 2.90. The number of sulfone groups is 1. The van der Waals surface area contributed by atoms with Gasteiger partial charge in [-0.15, -0.1) is 0 Å². The van der Waals surface area contributed by atoms with E-state index in [1.54, 1.807) is 0 Å². The lowest BCUT2D eigenvalue weighted by molar-refractivity contribution is 0.451. The van der Waals surface area contributed by atoms with Gasteiger partial charge in [-0.2, -0.15) is 0 Å². The molecule has 0 radical (unpaired) electrons. The number of rotatable bonds is 3. The summed E-state index contributed by atoms with van der Waals surface area (Å²) in [5.41, 5.74) is 0.176. The first-order valence-electron chi connectivity index (χ1n) is 5.48. The lowest BCUT2D eigenvalue weighted by Crippen LogP contribution is -2.37. The van der Waals surface area contributed by atoms with E-state index in [9.17, 15) is 8.42 Å². The van der Waals surface area contributed by atoms with Gasteiger partial charge in [-0.3, -0.25) is 0 Å². The average molecular weight is 217 g/mol. The minimum Gasteiger partial charge on any atom is -0.314 e. The molecule has 82 valence electrons. The normalized spacial score (nSPS) is 33.9. The van der Waals surface area contributed by atoms with Crippen LogP contribution in [0, 0.1) is 0 Å². The molecule has 1 heterocycles. The first kappa shape index (κ1) is 10.4. The summed E-state index contributed by atoms with van der Waals surface area (Å²) in [5, 5.41) is 3.21. The van der Waals surface area contributed by atoms with Gasteiger partial charge < -0.3 is 5.32 Å². The minimum atomic E-state index is -2.77. The zero-order valence-electron chi connectivity index (χ0n) is 8.75. The second kappa shape index (κ2) is 3.49. The van der Waals surface area contributed by atoms with Crippen LogP contribution in [0.3, 0.4) is 0 Å². The van der Waals surface area contributed by atoms with Crippen molar-refractivity contribution in [1.29, 1.82) is 0 Å². The molecule has 1 aliphatic heterocycles. The van der Waals surface area contributed by atoms with Gasteiger partial charge in [-0.25, -0.2) is 8.42 Å². The molecule has 1 atom stereocenters. The number of hydrogen-bond acceptors (Lipinski definition) is 3. The third-order valence-corrected chi connectivity index (χ3v) is 5.99. The summed E-state index contributed by atoms with van der Waals surface area (Å²) < 4.78 is 23.6. The second-order valence-corrected chi connectivity index (χ2v) is 7.12. The molecule has 1 unspecified atom stereocenters. The Morgan fingerprint density at radius 2 is 2.07 bits per heavy atom. The van der Waals surface area contributed by atoms with Crippen LogP contribution in [0.5, 0.6) is 0 Å². The summed E-state index contributed by atoms with van der Waals surface area (Å²) in [6.45, 7) is 0. The molecule has 2 rings (SSSR count). The Morgan fingerprint density at radius 1 is 1.36 bits per heavy atom. The molecule has 0 aromatic rings. The molecule has 3 nitrogen and oxygen atoms in total. The fourth-order valence-electron chi connectivity index (χ4n) is 2.39. The Bertz CT molecular complexity index is 306. The second-order valence-electron chi connectivity index (χ2n) is 4.72. The molecule has 0 aromatic carbocycles. The highest BCUT2D eigenvalue weighted by Gasteiger charge is 2.45. The molecule has 1 aliphatic carbocycles. The third-order valence-electron chi connectivity index (χ3n) is 3.72. The molecular weight excluding hydrogens is 198 g/mol. The third kappa shape index (κ3) is 1.96. The zero-order chi connectivity index (χ0) is 10.2. The highest BCUT2D eigenvalue weighted by atomic mass is 32.2. The van der Waals surface area contributed by atoms with Gasteiger partial charge in [0.05, 0.1) is 11.0 Å². The topological polar surface area (TPSA) is 46.2 Å². The Labute approximate surface area is 86.2 Å². The van der Waals surface area contributed by atoms with Crippen LogP contribution in [0.4, 0.5) is 0 Å². The largest absolute Gasteiger partial charge is 0.314 e. The van der Waals surface area contributed by atoms with Crippen LogP contribution >= 0.6 is 0 Å². The predicted molar refractivity (Wildman–Crippen MR) is 57.1 cm³/mol. The Hall–Kier alpha value is -0.0900. The standard InChI is InChI=1S/C10H19NO2S/c1-11-10(5-6-10)8-9-4-2-3-7-14(9,12)13/h9,11H,2-8H2,1H3. The smallest absolute Gasteiger partial charge is 0.153 e. The van der Waals surface area contributed by atoms with Gasteiger partial charge in [0.25, 0.3) is 0 Å². The van der Waals surface area contributed by atoms with Crippen molar-refractivity contribution in [3.8, 4) is 0 Å². The summed E-state index contributed by atoms with van der Waals surface area (Å²) in [6.07, 6.45) is 5.97. The molecular formula is C10H19NO2S. The molecule has 14 heavy (non-hydrogen) atoms. The number of nitrogens with one attached hydrogen (secondary N) is 1. The van der Waals surface area contributed by atoms with Gasteiger partial charge in [0, 0.05) is 5.54 Å². The van der Waals surface area contributed by atoms with Crippen molar-refractivity contribution in [3.05, 3.63) is 0 Å². The maximum atomic E-state index is 11.8. The van der Waals surface area contributed by atoms with Gasteiger partial charge in [-0.05, 0) is 39.2 Å². The molecule has 0 amide bonds. The van der Waals surface area contributed by atoms with Crippen LogP contribution in [0.15, 0.2) is 0 Å². The lowest BCUT2D eigenvalue weighted by Gasteiger charge is -2.26. The Balaban J connectivity index is 2.03. The van der Waals surface area contributed by atoms with Gasteiger partial charge >= 0.3 is 0 Å². The van der Waals surface area contributed by atoms with Crippen LogP contribution < -0.4 is 5.32 Å². The Morgan fingerprint density at radius 3 is 2.57 bits per heavy atom. The Kier molecular flexibility index (Phi) is 2.60. The fourth-order valence-corrected chi connectivity index (χ4v) is 4.43. The molecule has 1 saturated heterocycles. The van der Waals surface area contributed by atoms with Crippen molar-refractivity contribution < 1.29 is 8.42 Å². The minimum absolute atomic E-state index is 0.0637. The van der Waals surface area contributed by atoms with Crippen molar-refractivity contribution >= 4 is 9.84 Å². The van der Waals surface area contributed by atoms with Crippen molar-refractivity contribution in [2.75, 3.05) is 12.8 Å². The fraction of sp³-hybridized carbons (Fsp3) is 1.00. The summed E-state index contributed by atoms with van der Waals surface area (Å²) in [5.74, 6) is 0.414. The quantitative estimate of drug-likeness (QED) is 0.770. The van der Waals surface area contributed by atoms with E-state index in [1.807, 2.05) is 7.05 Å². The van der Waals surface area contributed by atoms with E-state index >= 15 is 0 Å². The van der Waals surface area contributed by atoms with Crippen molar-refractivity contribution in [1.82, 2.24) is 5.32 Å². The molecule has 2 aliphatic rings. The van der Waals surface area contributed by atoms with E-state index in [1.165, 1.54) is 0 Å². The van der Waals surface area contributed by atoms with E-state index in [0.717, 1.165) is 38.5 Å². The summed E-state index contributed by atoms with van der Waals surface area (Å²) in [7, 11) is -0.820. The highest BCUT2D eigenvalue weighted by molar-refractivity contribution is 7.92. The lowest BCUT2D eigenvalue weighted by atomic mass is 10.0. The highest BCUT2D eigenvalue weighted by Crippen LogP contribution is 2.42. The summed E-state index contributed by atoms with van der Waals surface area (Å²) >= 11 is 0. The van der Waals surface area contributed by atoms with Crippen LogP contribution in [0.2, 0.25) is 0 Å². The van der Waals surface area contributed by atoms with Crippen LogP contribution in [0.1, 0.15) is 38.5 Å². The van der Waals surface area contributed by atoms with Gasteiger partial charge in [0.15, 0.2) is 9.84 Å². The molecule has 1 saturated carbocycles. The van der Waals surface area contributed by atoms with Crippen LogP contribution in [-0.2, 0) is 9.84 Å². The van der Waals surface area contributed by atoms with Crippen LogP contribution in [0.25, 0.3) is 0 Å². The van der Waals surface area contributed by atoms with Crippen LogP contribution in [-0.4, -0.2) is 32.0 Å². The van der Waals surface area contributed by atoms with E-state index < -0.39 is 9.84 Å². The predicted octanol–water partition coefficient (Wildman–Crippen LogP) is 1.10. The van der Waals surface area contributed by atoms with E-state index in [2.05, 4.69) is 5.32 Å². The molecule has 2 fully saturated rings. The van der Waals surface area contributed by atoms with E-state index in [4.69, 9.17) is 0 Å². The maximum Gasteiger partial charge on any atom is 0.153 e. The SMILES string of the molecule is CNC1(CC2CCCCS2(=O)=O)CC1. The van der Waals surface area contributed by atoms with Gasteiger partial charge in [0.2, 0.25) is 0 Å². The van der Waals surface area contributed by atoms with E-state index in [0.29, 0.717) is 5.75 Å². The van der Waals surface area contributed by atoms with Crippen molar-refractivity contribution in [2.24, 2.45) is 0 Å². The van der Waals surface area contributed by atoms with E-state index in [-0.39, 0.29) is 10.8 Å². The van der Waals surface area contributed by atoms with Crippen molar-refractivity contribution in [2.45, 2.75) is 49.3 Å². The molecule has 1 N–H and O–H groups in total. The first-order chi connectivity index (χ1) is 6.58. The zero-order valence-corrected chi connectivity index (χ0v) is 9.57. The van der Waals surface area contributed by atoms with Gasteiger partial charge in [-0.1, -0.05) is 6.42 Å². The summed E-state index contributed by atoms with van der Waals surface area (Å²) in [6, 6.07) is 0. The molecule has 0 aromatic heterocycles. The number of hydrogen-bond donors (Lipinski definition) is 1. The molecule has 0 spiro atoms. The van der Waals surface area contributed by atoms with Crippen molar-refractivity contribution in [3.63, 3.8) is 0 Å². The molecule has 0 bridgehead atoms. The summed E-state index contributed by atoms with van der Waals surface area (Å²) in [4.78, 5) is 0. The molecule has 4 heteroatoms. The van der Waals surface area contributed by atoms with Gasteiger partial charge in [0.1, 0.15) is 0 Å². The maximum absolute atomic E-state index is 11.8. The first-order valence-corrected chi connectivity index (χ1v) is 7.20. The monoisotopic (exact) mass is 217 g/mol.